The van der Waals surface area contributed by atoms with Crippen molar-refractivity contribution in [2.45, 2.75) is 51.3 Å². The van der Waals surface area contributed by atoms with Crippen LogP contribution in [0.5, 0.6) is 0 Å². The minimum atomic E-state index is -0.767. The second-order valence-electron chi connectivity index (χ2n) is 5.02. The van der Waals surface area contributed by atoms with Crippen molar-refractivity contribution in [3.8, 4) is 0 Å². The van der Waals surface area contributed by atoms with Crippen LogP contribution in [0.2, 0.25) is 0 Å². The summed E-state index contributed by atoms with van der Waals surface area (Å²) in [7, 11) is 1.40. The van der Waals surface area contributed by atoms with Crippen LogP contribution >= 0.6 is 0 Å². The zero-order valence-electron chi connectivity index (χ0n) is 11.8. The highest BCUT2D eigenvalue weighted by atomic mass is 16.5. The van der Waals surface area contributed by atoms with E-state index >= 15 is 0 Å². The summed E-state index contributed by atoms with van der Waals surface area (Å²) in [6, 6.07) is 0.417. The molecule has 0 aromatic heterocycles. The molecule has 5 nitrogen and oxygen atoms in total. The van der Waals surface area contributed by atoms with Crippen LogP contribution in [0.1, 0.15) is 33.6 Å². The summed E-state index contributed by atoms with van der Waals surface area (Å²) in [6.45, 7) is 7.21. The van der Waals surface area contributed by atoms with Crippen LogP contribution in [0.3, 0.4) is 0 Å². The van der Waals surface area contributed by atoms with Crippen molar-refractivity contribution < 1.29 is 19.0 Å². The first kappa shape index (κ1) is 15.4. The first-order valence-corrected chi connectivity index (χ1v) is 6.57. The molecule has 0 spiro atoms. The number of nitrogens with one attached hydrogen (secondary N) is 1. The third-order valence-electron chi connectivity index (χ3n) is 2.95. The number of hydrogen-bond donors (Lipinski definition) is 1. The summed E-state index contributed by atoms with van der Waals surface area (Å²) in [5.74, 6) is -0.280. The minimum Gasteiger partial charge on any atom is -0.468 e. The Balaban J connectivity index is 2.42. The molecule has 2 atom stereocenters. The van der Waals surface area contributed by atoms with Crippen LogP contribution in [0.25, 0.3) is 0 Å². The lowest BCUT2D eigenvalue weighted by atomic mass is 10.0. The molecule has 1 saturated carbocycles. The maximum atomic E-state index is 11.8. The van der Waals surface area contributed by atoms with Gasteiger partial charge in [-0.25, -0.2) is 4.79 Å². The SMILES string of the molecule is CCOCC(C)OCC(C)(NC1CC1)C(=O)OC. The molecule has 0 radical (unpaired) electrons. The topological polar surface area (TPSA) is 56.8 Å². The number of hydrogen-bond acceptors (Lipinski definition) is 5. The average molecular weight is 259 g/mol. The Morgan fingerprint density at radius 3 is 2.67 bits per heavy atom. The van der Waals surface area contributed by atoms with E-state index < -0.39 is 5.54 Å². The normalized spacial score (nSPS) is 20.2. The zero-order chi connectivity index (χ0) is 13.6. The molecule has 1 aliphatic rings. The van der Waals surface area contributed by atoms with Gasteiger partial charge in [0.05, 0.1) is 26.4 Å². The molecule has 0 heterocycles. The van der Waals surface area contributed by atoms with Gasteiger partial charge in [-0.2, -0.15) is 0 Å². The Kier molecular flexibility index (Phi) is 6.05. The van der Waals surface area contributed by atoms with E-state index in [1.807, 2.05) is 20.8 Å². The van der Waals surface area contributed by atoms with Crippen molar-refractivity contribution in [2.24, 2.45) is 0 Å². The third-order valence-corrected chi connectivity index (χ3v) is 2.95. The Labute approximate surface area is 109 Å². The van der Waals surface area contributed by atoms with Gasteiger partial charge in [0.15, 0.2) is 0 Å². The van der Waals surface area contributed by atoms with Gasteiger partial charge in [-0.05, 0) is 33.6 Å². The molecular formula is C13H25NO4. The lowest BCUT2D eigenvalue weighted by Gasteiger charge is -2.29. The summed E-state index contributed by atoms with van der Waals surface area (Å²) in [4.78, 5) is 11.8. The van der Waals surface area contributed by atoms with E-state index in [4.69, 9.17) is 14.2 Å². The molecule has 2 unspecified atom stereocenters. The smallest absolute Gasteiger partial charge is 0.328 e. The Bertz CT molecular complexity index is 268. The summed E-state index contributed by atoms with van der Waals surface area (Å²) >= 11 is 0. The van der Waals surface area contributed by atoms with Gasteiger partial charge in [0.1, 0.15) is 5.54 Å². The van der Waals surface area contributed by atoms with E-state index in [-0.39, 0.29) is 12.1 Å². The first-order valence-electron chi connectivity index (χ1n) is 6.57. The Hall–Kier alpha value is -0.650. The molecule has 0 amide bonds. The lowest BCUT2D eigenvalue weighted by Crippen LogP contribution is -2.55. The molecule has 0 aliphatic heterocycles. The Morgan fingerprint density at radius 1 is 1.50 bits per heavy atom. The fourth-order valence-corrected chi connectivity index (χ4v) is 1.70. The third kappa shape index (κ3) is 4.92. The molecule has 1 N–H and O–H groups in total. The maximum Gasteiger partial charge on any atom is 0.328 e. The van der Waals surface area contributed by atoms with E-state index in [2.05, 4.69) is 5.32 Å². The Morgan fingerprint density at radius 2 is 2.17 bits per heavy atom. The molecule has 0 bridgehead atoms. The zero-order valence-corrected chi connectivity index (χ0v) is 11.8. The molecule has 5 heteroatoms. The lowest BCUT2D eigenvalue weighted by molar-refractivity contribution is -0.152. The van der Waals surface area contributed by atoms with Gasteiger partial charge in [-0.15, -0.1) is 0 Å². The number of carbonyl (C=O) groups excluding carboxylic acids is 1. The molecule has 0 saturated heterocycles. The predicted molar refractivity (Wildman–Crippen MR) is 68.5 cm³/mol. The quantitative estimate of drug-likeness (QED) is 0.629. The van der Waals surface area contributed by atoms with Crippen LogP contribution in [0.4, 0.5) is 0 Å². The van der Waals surface area contributed by atoms with Gasteiger partial charge >= 0.3 is 5.97 Å². The van der Waals surface area contributed by atoms with Gasteiger partial charge < -0.3 is 14.2 Å². The van der Waals surface area contributed by atoms with Gasteiger partial charge in [0.2, 0.25) is 0 Å². The van der Waals surface area contributed by atoms with Crippen LogP contribution < -0.4 is 5.32 Å². The van der Waals surface area contributed by atoms with Crippen LogP contribution in [0, 0.1) is 0 Å². The van der Waals surface area contributed by atoms with Gasteiger partial charge in [-0.3, -0.25) is 5.32 Å². The molecule has 0 aromatic carbocycles. The second-order valence-corrected chi connectivity index (χ2v) is 5.02. The number of ether oxygens (including phenoxy) is 3. The van der Waals surface area contributed by atoms with E-state index in [0.717, 1.165) is 12.8 Å². The fraction of sp³-hybridized carbons (Fsp3) is 0.923. The standard InChI is InChI=1S/C13H25NO4/c1-5-17-8-10(2)18-9-13(3,12(15)16-4)14-11-6-7-11/h10-11,14H,5-9H2,1-4H3. The number of rotatable bonds is 9. The fourth-order valence-electron chi connectivity index (χ4n) is 1.70. The molecular weight excluding hydrogens is 234 g/mol. The van der Waals surface area contributed by atoms with Crippen molar-refractivity contribution in [3.05, 3.63) is 0 Å². The highest BCUT2D eigenvalue weighted by molar-refractivity contribution is 5.80. The maximum absolute atomic E-state index is 11.8. The summed E-state index contributed by atoms with van der Waals surface area (Å²) in [6.07, 6.45) is 2.19. The largest absolute Gasteiger partial charge is 0.468 e. The summed E-state index contributed by atoms with van der Waals surface area (Å²) in [5.41, 5.74) is -0.767. The highest BCUT2D eigenvalue weighted by Crippen LogP contribution is 2.23. The molecule has 0 aromatic rings. The number of esters is 1. The van der Waals surface area contributed by atoms with Crippen molar-refractivity contribution in [2.75, 3.05) is 26.9 Å². The van der Waals surface area contributed by atoms with Crippen LogP contribution in [-0.2, 0) is 19.0 Å². The first-order chi connectivity index (χ1) is 8.51. The molecule has 1 aliphatic carbocycles. The van der Waals surface area contributed by atoms with E-state index in [1.54, 1.807) is 0 Å². The van der Waals surface area contributed by atoms with E-state index in [1.165, 1.54) is 7.11 Å². The van der Waals surface area contributed by atoms with Gasteiger partial charge in [0, 0.05) is 12.6 Å². The van der Waals surface area contributed by atoms with Gasteiger partial charge in [0.25, 0.3) is 0 Å². The number of methoxy groups -OCH3 is 1. The van der Waals surface area contributed by atoms with Gasteiger partial charge in [-0.1, -0.05) is 0 Å². The minimum absolute atomic E-state index is 0.0325. The molecule has 1 rings (SSSR count). The number of carbonyl (C=O) groups is 1. The predicted octanol–water partition coefficient (Wildman–Crippen LogP) is 1.11. The van der Waals surface area contributed by atoms with E-state index in [9.17, 15) is 4.79 Å². The second kappa shape index (κ2) is 7.07. The van der Waals surface area contributed by atoms with Crippen molar-refractivity contribution in [1.29, 1.82) is 0 Å². The monoisotopic (exact) mass is 259 g/mol. The molecule has 106 valence electrons. The summed E-state index contributed by atoms with van der Waals surface area (Å²) < 4.78 is 15.8. The van der Waals surface area contributed by atoms with E-state index in [0.29, 0.717) is 25.9 Å². The highest BCUT2D eigenvalue weighted by Gasteiger charge is 2.40. The van der Waals surface area contributed by atoms with Crippen LogP contribution in [0.15, 0.2) is 0 Å². The average Bonchev–Trinajstić information content (AvgIpc) is 3.16. The van der Waals surface area contributed by atoms with Crippen molar-refractivity contribution >= 4 is 5.97 Å². The molecule has 1 fully saturated rings. The van der Waals surface area contributed by atoms with Crippen molar-refractivity contribution in [1.82, 2.24) is 5.32 Å². The summed E-state index contributed by atoms with van der Waals surface area (Å²) in [5, 5.41) is 3.29. The van der Waals surface area contributed by atoms with Crippen molar-refractivity contribution in [3.63, 3.8) is 0 Å². The van der Waals surface area contributed by atoms with Crippen LogP contribution in [-0.4, -0.2) is 50.6 Å². The molecule has 18 heavy (non-hydrogen) atoms.